The number of carbonyl (C=O) groups excluding carboxylic acids is 2. The topological polar surface area (TPSA) is 115 Å². The van der Waals surface area contributed by atoms with E-state index in [1.807, 2.05) is 6.92 Å². The van der Waals surface area contributed by atoms with Crippen molar-refractivity contribution in [2.24, 2.45) is 0 Å². The number of carbonyl (C=O) groups is 2. The molecular formula is C19H22N4O5S. The molecule has 10 heteroatoms. The van der Waals surface area contributed by atoms with Gasteiger partial charge in [-0.15, -0.1) is 11.3 Å². The molecule has 0 fully saturated rings. The Hall–Kier alpha value is -3.27. The van der Waals surface area contributed by atoms with Gasteiger partial charge in [0, 0.05) is 16.5 Å². The van der Waals surface area contributed by atoms with Crippen LogP contribution in [0.15, 0.2) is 18.3 Å². The number of anilines is 1. The average Bonchev–Trinajstić information content (AvgIpc) is 3.31. The number of amides is 2. The molecule has 0 bridgehead atoms. The summed E-state index contributed by atoms with van der Waals surface area (Å²) < 4.78 is 16.1. The molecule has 9 nitrogen and oxygen atoms in total. The van der Waals surface area contributed by atoms with Gasteiger partial charge < -0.3 is 29.8 Å². The molecule has 0 aliphatic carbocycles. The number of aromatic nitrogens is 2. The number of H-pyrrole nitrogens is 1. The summed E-state index contributed by atoms with van der Waals surface area (Å²) in [6.45, 7) is 3.50. The number of fused-ring (bicyclic) bond motifs is 1. The van der Waals surface area contributed by atoms with E-state index in [0.29, 0.717) is 33.3 Å². The maximum atomic E-state index is 12.7. The highest BCUT2D eigenvalue weighted by atomic mass is 32.1. The van der Waals surface area contributed by atoms with Crippen molar-refractivity contribution in [3.8, 4) is 17.2 Å². The third kappa shape index (κ3) is 4.11. The lowest BCUT2D eigenvalue weighted by molar-refractivity contribution is -0.117. The van der Waals surface area contributed by atoms with Crippen LogP contribution in [0.1, 0.15) is 22.3 Å². The number of benzene rings is 1. The lowest BCUT2D eigenvalue weighted by Gasteiger charge is -2.13. The summed E-state index contributed by atoms with van der Waals surface area (Å²) in [5.74, 6) is 0.534. The minimum atomic E-state index is -0.760. The minimum Gasteiger partial charge on any atom is -0.493 e. The quantitative estimate of drug-likeness (QED) is 0.544. The molecule has 2 heterocycles. The molecule has 3 aromatic rings. The fourth-order valence-electron chi connectivity index (χ4n) is 2.83. The number of aryl methyl sites for hydroxylation is 1. The van der Waals surface area contributed by atoms with Crippen LogP contribution in [0.5, 0.6) is 17.2 Å². The second-order valence-electron chi connectivity index (χ2n) is 6.25. The standard InChI is InChI=1S/C19H22N4O5S/c1-9-8-20-19(29-9)23-17(24)10(2)21-18(25)12-6-11-7-13(26-3)15(27-4)16(28-5)14(11)22-12/h6-8,10,22H,1-5H3,(H,21,25)(H,20,23,24)/t10-/m1/s1. The number of hydrogen-bond donors (Lipinski definition) is 3. The molecule has 0 saturated heterocycles. The van der Waals surface area contributed by atoms with E-state index in [0.717, 1.165) is 4.88 Å². The molecule has 0 aliphatic heterocycles. The summed E-state index contributed by atoms with van der Waals surface area (Å²) >= 11 is 1.36. The van der Waals surface area contributed by atoms with Gasteiger partial charge in [-0.05, 0) is 26.0 Å². The van der Waals surface area contributed by atoms with E-state index >= 15 is 0 Å². The van der Waals surface area contributed by atoms with Crippen LogP contribution in [0.3, 0.4) is 0 Å². The minimum absolute atomic E-state index is 0.276. The lowest BCUT2D eigenvalue weighted by atomic mass is 10.2. The van der Waals surface area contributed by atoms with Crippen molar-refractivity contribution in [1.82, 2.24) is 15.3 Å². The van der Waals surface area contributed by atoms with Crippen molar-refractivity contribution in [3.05, 3.63) is 28.9 Å². The van der Waals surface area contributed by atoms with Gasteiger partial charge in [0.25, 0.3) is 5.91 Å². The zero-order valence-corrected chi connectivity index (χ0v) is 17.5. The number of thiazole rings is 1. The Bertz CT molecular complexity index is 1060. The van der Waals surface area contributed by atoms with Gasteiger partial charge in [-0.25, -0.2) is 4.98 Å². The fourth-order valence-corrected chi connectivity index (χ4v) is 3.50. The van der Waals surface area contributed by atoms with Crippen LogP contribution in [-0.4, -0.2) is 49.2 Å². The number of methoxy groups -OCH3 is 3. The van der Waals surface area contributed by atoms with Crippen LogP contribution in [-0.2, 0) is 4.79 Å². The van der Waals surface area contributed by atoms with Crippen LogP contribution in [0.25, 0.3) is 10.9 Å². The van der Waals surface area contributed by atoms with Crippen molar-refractivity contribution in [2.75, 3.05) is 26.6 Å². The summed E-state index contributed by atoms with van der Waals surface area (Å²) in [5, 5.41) is 6.55. The molecule has 0 radical (unpaired) electrons. The second kappa shape index (κ2) is 8.39. The van der Waals surface area contributed by atoms with E-state index < -0.39 is 11.9 Å². The SMILES string of the molecule is COc1cc2cc(C(=O)N[C@H](C)C(=O)Nc3ncc(C)s3)[nH]c2c(OC)c1OC. The molecule has 0 saturated carbocycles. The Morgan fingerprint density at radius 3 is 2.45 bits per heavy atom. The molecule has 1 aromatic carbocycles. The Kier molecular flexibility index (Phi) is 5.92. The molecule has 2 aromatic heterocycles. The normalized spacial score (nSPS) is 11.8. The van der Waals surface area contributed by atoms with Gasteiger partial charge in [-0.2, -0.15) is 0 Å². The van der Waals surface area contributed by atoms with Crippen LogP contribution < -0.4 is 24.8 Å². The number of nitrogens with zero attached hydrogens (tertiary/aromatic N) is 1. The van der Waals surface area contributed by atoms with Gasteiger partial charge in [0.1, 0.15) is 11.7 Å². The molecule has 29 heavy (non-hydrogen) atoms. The van der Waals surface area contributed by atoms with E-state index in [4.69, 9.17) is 14.2 Å². The number of nitrogens with one attached hydrogen (secondary N) is 3. The van der Waals surface area contributed by atoms with Crippen molar-refractivity contribution in [2.45, 2.75) is 19.9 Å². The maximum absolute atomic E-state index is 12.7. The first kappa shape index (κ1) is 20.5. The summed E-state index contributed by atoms with van der Waals surface area (Å²) in [6, 6.07) is 2.64. The first-order valence-corrected chi connectivity index (χ1v) is 9.55. The molecule has 154 valence electrons. The van der Waals surface area contributed by atoms with Crippen LogP contribution in [0.2, 0.25) is 0 Å². The van der Waals surface area contributed by atoms with E-state index in [1.54, 1.807) is 25.3 Å². The van der Waals surface area contributed by atoms with E-state index in [2.05, 4.69) is 20.6 Å². The number of ether oxygens (including phenoxy) is 3. The summed E-state index contributed by atoms with van der Waals surface area (Å²) in [7, 11) is 4.53. The van der Waals surface area contributed by atoms with Gasteiger partial charge in [-0.3, -0.25) is 9.59 Å². The summed E-state index contributed by atoms with van der Waals surface area (Å²) in [4.78, 5) is 33.1. The Morgan fingerprint density at radius 2 is 1.86 bits per heavy atom. The van der Waals surface area contributed by atoms with Crippen molar-refractivity contribution in [1.29, 1.82) is 0 Å². The maximum Gasteiger partial charge on any atom is 0.268 e. The fraction of sp³-hybridized carbons (Fsp3) is 0.316. The highest BCUT2D eigenvalue weighted by Gasteiger charge is 2.22. The predicted octanol–water partition coefficient (Wildman–Crippen LogP) is 2.72. The van der Waals surface area contributed by atoms with Crippen molar-refractivity contribution < 1.29 is 23.8 Å². The lowest BCUT2D eigenvalue weighted by Crippen LogP contribution is -2.41. The summed E-state index contributed by atoms with van der Waals surface area (Å²) in [6.07, 6.45) is 1.67. The number of hydrogen-bond acceptors (Lipinski definition) is 7. The number of rotatable bonds is 7. The van der Waals surface area contributed by atoms with E-state index in [9.17, 15) is 9.59 Å². The molecular weight excluding hydrogens is 396 g/mol. The third-order valence-corrected chi connectivity index (χ3v) is 5.09. The van der Waals surface area contributed by atoms with Crippen molar-refractivity contribution in [3.63, 3.8) is 0 Å². The van der Waals surface area contributed by atoms with E-state index in [1.165, 1.54) is 32.7 Å². The molecule has 3 rings (SSSR count). The van der Waals surface area contributed by atoms with Crippen LogP contribution in [0, 0.1) is 6.92 Å². The molecule has 0 spiro atoms. The van der Waals surface area contributed by atoms with Crippen LogP contribution >= 0.6 is 11.3 Å². The third-order valence-electron chi connectivity index (χ3n) is 4.26. The van der Waals surface area contributed by atoms with Gasteiger partial charge in [-0.1, -0.05) is 0 Å². The van der Waals surface area contributed by atoms with Gasteiger partial charge in [0.15, 0.2) is 16.6 Å². The van der Waals surface area contributed by atoms with Gasteiger partial charge in [0.2, 0.25) is 11.7 Å². The highest BCUT2D eigenvalue weighted by molar-refractivity contribution is 7.15. The average molecular weight is 418 g/mol. The first-order valence-electron chi connectivity index (χ1n) is 8.73. The number of aromatic amines is 1. The first-order chi connectivity index (χ1) is 13.9. The Labute approximate surface area is 171 Å². The molecule has 0 unspecified atom stereocenters. The summed E-state index contributed by atoms with van der Waals surface area (Å²) in [5.41, 5.74) is 0.865. The molecule has 0 aliphatic rings. The molecule has 2 amide bonds. The van der Waals surface area contributed by atoms with E-state index in [-0.39, 0.29) is 11.6 Å². The monoisotopic (exact) mass is 418 g/mol. The molecule has 1 atom stereocenters. The van der Waals surface area contributed by atoms with Crippen molar-refractivity contribution >= 4 is 39.2 Å². The zero-order chi connectivity index (χ0) is 21.1. The predicted molar refractivity (Wildman–Crippen MR) is 110 cm³/mol. The smallest absolute Gasteiger partial charge is 0.268 e. The largest absolute Gasteiger partial charge is 0.493 e. The second-order valence-corrected chi connectivity index (χ2v) is 7.49. The van der Waals surface area contributed by atoms with Gasteiger partial charge >= 0.3 is 0 Å². The zero-order valence-electron chi connectivity index (χ0n) is 16.7. The Balaban J connectivity index is 1.80. The Morgan fingerprint density at radius 1 is 1.14 bits per heavy atom. The van der Waals surface area contributed by atoms with Gasteiger partial charge in [0.05, 0.1) is 26.8 Å². The molecule has 3 N–H and O–H groups in total. The van der Waals surface area contributed by atoms with Crippen LogP contribution in [0.4, 0.5) is 5.13 Å². The highest BCUT2D eigenvalue weighted by Crippen LogP contribution is 2.43.